The topological polar surface area (TPSA) is 87.3 Å². The monoisotopic (exact) mass is 465 g/mol. The van der Waals surface area contributed by atoms with E-state index in [1.54, 1.807) is 66.7 Å². The first kappa shape index (κ1) is 22.4. The van der Waals surface area contributed by atoms with Crippen molar-refractivity contribution in [2.75, 3.05) is 21.3 Å². The standard InChI is InChI=1S/C25H23NO6S/c1-16-8-11-19(12-9-16)33(27,28)23-14-17-6-5-7-21(30-3)24(17)32-25(23)26-18-10-13-20(29-2)22(15-18)31-4/h5-15H,1-4H3. The van der Waals surface area contributed by atoms with Crippen LogP contribution in [-0.2, 0) is 9.84 Å². The molecule has 0 amide bonds. The van der Waals surface area contributed by atoms with Gasteiger partial charge in [-0.25, -0.2) is 13.4 Å². The second kappa shape index (κ2) is 8.99. The highest BCUT2D eigenvalue weighted by Gasteiger charge is 2.23. The molecular formula is C25H23NO6S. The Morgan fingerprint density at radius 3 is 2.15 bits per heavy atom. The summed E-state index contributed by atoms with van der Waals surface area (Å²) in [6, 6.07) is 18.5. The van der Waals surface area contributed by atoms with Crippen molar-refractivity contribution in [2.24, 2.45) is 4.99 Å². The summed E-state index contributed by atoms with van der Waals surface area (Å²) in [7, 11) is 0.638. The molecular weight excluding hydrogens is 442 g/mol. The van der Waals surface area contributed by atoms with Crippen molar-refractivity contribution in [2.45, 2.75) is 16.7 Å². The zero-order valence-electron chi connectivity index (χ0n) is 18.7. The van der Waals surface area contributed by atoms with Crippen LogP contribution >= 0.6 is 0 Å². The molecule has 7 nitrogen and oxygen atoms in total. The lowest BCUT2D eigenvalue weighted by Gasteiger charge is -2.10. The lowest BCUT2D eigenvalue weighted by molar-refractivity contribution is 0.355. The van der Waals surface area contributed by atoms with Crippen molar-refractivity contribution in [3.63, 3.8) is 0 Å². The molecule has 0 fully saturated rings. The minimum absolute atomic E-state index is 0.0538. The molecule has 0 atom stereocenters. The number of hydrogen-bond acceptors (Lipinski definition) is 7. The quantitative estimate of drug-likeness (QED) is 0.405. The molecule has 1 heterocycles. The predicted octanol–water partition coefficient (Wildman–Crippen LogP) is 4.83. The molecule has 0 aliphatic heterocycles. The molecule has 0 unspecified atom stereocenters. The fourth-order valence-corrected chi connectivity index (χ4v) is 4.74. The Morgan fingerprint density at radius 1 is 0.788 bits per heavy atom. The summed E-state index contributed by atoms with van der Waals surface area (Å²) < 4.78 is 49.2. The molecule has 0 N–H and O–H groups in total. The lowest BCUT2D eigenvalue weighted by atomic mass is 10.2. The second-order valence-electron chi connectivity index (χ2n) is 7.26. The number of hydrogen-bond donors (Lipinski definition) is 0. The number of ether oxygens (including phenoxy) is 3. The second-order valence-corrected chi connectivity index (χ2v) is 9.18. The summed E-state index contributed by atoms with van der Waals surface area (Å²) in [6.45, 7) is 1.89. The third-order valence-corrected chi connectivity index (χ3v) is 6.91. The van der Waals surface area contributed by atoms with Crippen molar-refractivity contribution in [1.29, 1.82) is 0 Å². The Hall–Kier alpha value is -3.78. The van der Waals surface area contributed by atoms with E-state index in [1.165, 1.54) is 21.3 Å². The van der Waals surface area contributed by atoms with E-state index in [0.717, 1.165) is 5.56 Å². The van der Waals surface area contributed by atoms with Gasteiger partial charge >= 0.3 is 0 Å². The highest BCUT2D eigenvalue weighted by atomic mass is 32.2. The molecule has 170 valence electrons. The largest absolute Gasteiger partial charge is 0.493 e. The number of fused-ring (bicyclic) bond motifs is 1. The predicted molar refractivity (Wildman–Crippen MR) is 124 cm³/mol. The molecule has 3 aromatic carbocycles. The van der Waals surface area contributed by atoms with E-state index >= 15 is 0 Å². The number of rotatable bonds is 6. The molecule has 0 aliphatic rings. The minimum Gasteiger partial charge on any atom is -0.493 e. The van der Waals surface area contributed by atoms with E-state index in [4.69, 9.17) is 18.6 Å². The van der Waals surface area contributed by atoms with Gasteiger partial charge < -0.3 is 18.6 Å². The molecule has 0 bridgehead atoms. The number of sulfone groups is 1. The van der Waals surface area contributed by atoms with Crippen LogP contribution in [0.5, 0.6) is 17.2 Å². The van der Waals surface area contributed by atoms with Crippen LogP contribution in [0.15, 0.2) is 85.9 Å². The third-order valence-electron chi connectivity index (χ3n) is 5.14. The van der Waals surface area contributed by atoms with Gasteiger partial charge in [0, 0.05) is 11.5 Å². The van der Waals surface area contributed by atoms with Crippen molar-refractivity contribution in [3.05, 3.63) is 77.8 Å². The summed E-state index contributed by atoms with van der Waals surface area (Å²) in [5, 5.41) is 0.575. The zero-order chi connectivity index (χ0) is 23.6. The highest BCUT2D eigenvalue weighted by Crippen LogP contribution is 2.32. The SMILES string of the molecule is COc1ccc(N=c2oc3c(OC)cccc3cc2S(=O)(=O)c2ccc(C)cc2)cc1OC. The Balaban J connectivity index is 2.03. The Labute approximate surface area is 191 Å². The Bertz CT molecular complexity index is 1490. The van der Waals surface area contributed by atoms with Crippen LogP contribution in [-0.4, -0.2) is 29.7 Å². The molecule has 4 rings (SSSR count). The van der Waals surface area contributed by atoms with Crippen molar-refractivity contribution in [1.82, 2.24) is 0 Å². The Kier molecular flexibility index (Phi) is 6.11. The van der Waals surface area contributed by atoms with E-state index in [1.807, 2.05) is 6.92 Å². The van der Waals surface area contributed by atoms with Crippen molar-refractivity contribution < 1.29 is 27.0 Å². The fourth-order valence-electron chi connectivity index (χ4n) is 3.39. The molecule has 0 spiro atoms. The van der Waals surface area contributed by atoms with E-state index in [-0.39, 0.29) is 15.3 Å². The van der Waals surface area contributed by atoms with E-state index in [9.17, 15) is 8.42 Å². The van der Waals surface area contributed by atoms with Gasteiger partial charge in [0.05, 0.1) is 31.9 Å². The number of benzene rings is 3. The maximum Gasteiger partial charge on any atom is 0.239 e. The van der Waals surface area contributed by atoms with Gasteiger partial charge in [-0.3, -0.25) is 0 Å². The van der Waals surface area contributed by atoms with Crippen LogP contribution in [0.2, 0.25) is 0 Å². The summed E-state index contributed by atoms with van der Waals surface area (Å²) in [5.41, 5.74) is 1.71. The molecule has 0 saturated carbocycles. The zero-order valence-corrected chi connectivity index (χ0v) is 19.5. The van der Waals surface area contributed by atoms with E-state index in [0.29, 0.717) is 33.9 Å². The first-order valence-corrected chi connectivity index (χ1v) is 11.5. The molecule has 1 aromatic heterocycles. The van der Waals surface area contributed by atoms with Crippen LogP contribution in [0.25, 0.3) is 11.0 Å². The summed E-state index contributed by atoms with van der Waals surface area (Å²) >= 11 is 0. The van der Waals surface area contributed by atoms with Crippen molar-refractivity contribution in [3.8, 4) is 17.2 Å². The molecule has 0 aliphatic carbocycles. The average molecular weight is 466 g/mol. The lowest BCUT2D eigenvalue weighted by Crippen LogP contribution is -2.16. The first-order chi connectivity index (χ1) is 15.9. The van der Waals surface area contributed by atoms with Gasteiger partial charge in [0.2, 0.25) is 15.4 Å². The number of methoxy groups -OCH3 is 3. The van der Waals surface area contributed by atoms with Gasteiger partial charge in [-0.2, -0.15) is 0 Å². The van der Waals surface area contributed by atoms with Gasteiger partial charge in [-0.05, 0) is 43.3 Å². The van der Waals surface area contributed by atoms with Gasteiger partial charge in [-0.1, -0.05) is 29.8 Å². The summed E-state index contributed by atoms with van der Waals surface area (Å²) in [4.78, 5) is 4.62. The first-order valence-electron chi connectivity index (χ1n) is 10.1. The smallest absolute Gasteiger partial charge is 0.239 e. The van der Waals surface area contributed by atoms with Crippen LogP contribution in [0.3, 0.4) is 0 Å². The van der Waals surface area contributed by atoms with Gasteiger partial charge in [-0.15, -0.1) is 0 Å². The van der Waals surface area contributed by atoms with Crippen LogP contribution in [0, 0.1) is 6.92 Å². The average Bonchev–Trinajstić information content (AvgIpc) is 2.83. The van der Waals surface area contributed by atoms with Gasteiger partial charge in [0.25, 0.3) is 0 Å². The highest BCUT2D eigenvalue weighted by molar-refractivity contribution is 7.91. The van der Waals surface area contributed by atoms with E-state index < -0.39 is 9.84 Å². The summed E-state index contributed by atoms with van der Waals surface area (Å²) in [5.74, 6) is 1.46. The van der Waals surface area contributed by atoms with Gasteiger partial charge in [0.15, 0.2) is 22.8 Å². The number of aryl methyl sites for hydroxylation is 1. The van der Waals surface area contributed by atoms with Crippen LogP contribution in [0.4, 0.5) is 5.69 Å². The number of nitrogens with zero attached hydrogens (tertiary/aromatic N) is 1. The summed E-state index contributed by atoms with van der Waals surface area (Å²) in [6.07, 6.45) is 0. The van der Waals surface area contributed by atoms with Gasteiger partial charge in [0.1, 0.15) is 4.90 Å². The molecule has 0 radical (unpaired) electrons. The normalized spacial score (nSPS) is 12.1. The van der Waals surface area contributed by atoms with E-state index in [2.05, 4.69) is 4.99 Å². The minimum atomic E-state index is -3.93. The van der Waals surface area contributed by atoms with Crippen molar-refractivity contribution >= 4 is 26.5 Å². The molecule has 4 aromatic rings. The third kappa shape index (κ3) is 4.29. The fraction of sp³-hybridized carbons (Fsp3) is 0.160. The number of para-hydroxylation sites is 1. The molecule has 33 heavy (non-hydrogen) atoms. The molecule has 8 heteroatoms. The van der Waals surface area contributed by atoms with Crippen LogP contribution in [0.1, 0.15) is 5.56 Å². The van der Waals surface area contributed by atoms with Crippen LogP contribution < -0.4 is 19.8 Å². The molecule has 0 saturated heterocycles. The maximum absolute atomic E-state index is 13.6. The Morgan fingerprint density at radius 2 is 1.48 bits per heavy atom. The maximum atomic E-state index is 13.6.